The second-order valence-electron chi connectivity index (χ2n) is 4.92. The first kappa shape index (κ1) is 14.1. The summed E-state index contributed by atoms with van der Waals surface area (Å²) in [6.45, 7) is 1.96. The topological polar surface area (TPSA) is 45.2 Å². The molecule has 2 aromatic rings. The largest absolute Gasteiger partial charge is 0.378 e. The first-order valence-electron chi connectivity index (χ1n) is 6.56. The zero-order valence-electron chi connectivity index (χ0n) is 12.0. The smallest absolute Gasteiger partial charge is 0.251 e. The molecule has 1 atom stereocenters. The van der Waals surface area contributed by atoms with E-state index in [2.05, 4.69) is 10.3 Å². The predicted octanol–water partition coefficient (Wildman–Crippen LogP) is 2.64. The van der Waals surface area contributed by atoms with E-state index >= 15 is 0 Å². The fourth-order valence-electron chi connectivity index (χ4n) is 1.93. The Hall–Kier alpha value is -2.36. The van der Waals surface area contributed by atoms with Gasteiger partial charge in [0.2, 0.25) is 0 Å². The van der Waals surface area contributed by atoms with Crippen LogP contribution < -0.4 is 10.2 Å². The van der Waals surface area contributed by atoms with Gasteiger partial charge in [0.15, 0.2) is 0 Å². The summed E-state index contributed by atoms with van der Waals surface area (Å²) in [4.78, 5) is 18.1. The van der Waals surface area contributed by atoms with Crippen molar-refractivity contribution in [2.45, 2.75) is 13.0 Å². The molecule has 104 valence electrons. The van der Waals surface area contributed by atoms with Crippen LogP contribution >= 0.6 is 0 Å². The third-order valence-corrected chi connectivity index (χ3v) is 3.20. The summed E-state index contributed by atoms with van der Waals surface area (Å²) in [6.07, 6.45) is 3.45. The van der Waals surface area contributed by atoms with Crippen LogP contribution in [0.2, 0.25) is 0 Å². The molecule has 20 heavy (non-hydrogen) atoms. The number of nitrogens with one attached hydrogen (secondary N) is 1. The van der Waals surface area contributed by atoms with Crippen LogP contribution in [0.5, 0.6) is 0 Å². The van der Waals surface area contributed by atoms with Crippen LogP contribution in [-0.4, -0.2) is 25.0 Å². The number of hydrogen-bond acceptors (Lipinski definition) is 3. The van der Waals surface area contributed by atoms with Crippen molar-refractivity contribution in [3.8, 4) is 0 Å². The molecule has 0 saturated heterocycles. The Labute approximate surface area is 119 Å². The summed E-state index contributed by atoms with van der Waals surface area (Å²) in [7, 11) is 3.95. The standard InChI is InChI=1S/C16H19N3O/c1-12(13-8-10-17-11-9-13)18-16(20)14-4-6-15(7-5-14)19(2)3/h4-12H,1-3H3,(H,18,20)/t12-/m1/s1. The number of aromatic nitrogens is 1. The fourth-order valence-corrected chi connectivity index (χ4v) is 1.93. The monoisotopic (exact) mass is 269 g/mol. The van der Waals surface area contributed by atoms with E-state index in [1.807, 2.05) is 62.3 Å². The van der Waals surface area contributed by atoms with E-state index in [4.69, 9.17) is 0 Å². The normalized spacial score (nSPS) is 11.8. The molecule has 0 aliphatic carbocycles. The van der Waals surface area contributed by atoms with Crippen molar-refractivity contribution in [2.24, 2.45) is 0 Å². The van der Waals surface area contributed by atoms with E-state index in [-0.39, 0.29) is 11.9 Å². The lowest BCUT2D eigenvalue weighted by molar-refractivity contribution is 0.0940. The number of anilines is 1. The van der Waals surface area contributed by atoms with Crippen LogP contribution in [0.1, 0.15) is 28.9 Å². The molecule has 0 aliphatic heterocycles. The lowest BCUT2D eigenvalue weighted by atomic mass is 10.1. The van der Waals surface area contributed by atoms with Crippen molar-refractivity contribution >= 4 is 11.6 Å². The minimum absolute atomic E-state index is 0.0426. The molecule has 4 nitrogen and oxygen atoms in total. The summed E-state index contributed by atoms with van der Waals surface area (Å²) in [5, 5.41) is 2.98. The quantitative estimate of drug-likeness (QED) is 0.928. The van der Waals surface area contributed by atoms with Gasteiger partial charge in [0.25, 0.3) is 5.91 Å². The number of carbonyl (C=O) groups excluding carboxylic acids is 1. The first-order valence-corrected chi connectivity index (χ1v) is 6.56. The molecule has 0 aliphatic rings. The van der Waals surface area contributed by atoms with Gasteiger partial charge in [-0.15, -0.1) is 0 Å². The molecule has 0 spiro atoms. The molecule has 4 heteroatoms. The van der Waals surface area contributed by atoms with Crippen molar-refractivity contribution in [3.63, 3.8) is 0 Å². The Balaban J connectivity index is 2.05. The fraction of sp³-hybridized carbons (Fsp3) is 0.250. The molecule has 1 aromatic carbocycles. The number of rotatable bonds is 4. The van der Waals surface area contributed by atoms with E-state index in [0.717, 1.165) is 11.3 Å². The van der Waals surface area contributed by atoms with Gasteiger partial charge < -0.3 is 10.2 Å². The number of pyridine rings is 1. The average molecular weight is 269 g/mol. The summed E-state index contributed by atoms with van der Waals surface area (Å²) >= 11 is 0. The number of nitrogens with zero attached hydrogens (tertiary/aromatic N) is 2. The van der Waals surface area contributed by atoms with Gasteiger partial charge in [-0.2, -0.15) is 0 Å². The van der Waals surface area contributed by atoms with Crippen LogP contribution in [0.15, 0.2) is 48.8 Å². The molecule has 1 heterocycles. The van der Waals surface area contributed by atoms with E-state index in [0.29, 0.717) is 5.56 Å². The molecule has 1 amide bonds. The third kappa shape index (κ3) is 3.35. The van der Waals surface area contributed by atoms with E-state index < -0.39 is 0 Å². The van der Waals surface area contributed by atoms with Crippen LogP contribution in [0.3, 0.4) is 0 Å². The van der Waals surface area contributed by atoms with E-state index in [9.17, 15) is 4.79 Å². The molecule has 0 radical (unpaired) electrons. The van der Waals surface area contributed by atoms with Crippen molar-refractivity contribution in [1.82, 2.24) is 10.3 Å². The molecule has 0 bridgehead atoms. The second-order valence-corrected chi connectivity index (χ2v) is 4.92. The summed E-state index contributed by atoms with van der Waals surface area (Å²) in [6, 6.07) is 11.3. The highest BCUT2D eigenvalue weighted by atomic mass is 16.1. The minimum Gasteiger partial charge on any atom is -0.378 e. The van der Waals surface area contributed by atoms with Crippen molar-refractivity contribution in [1.29, 1.82) is 0 Å². The van der Waals surface area contributed by atoms with Crippen molar-refractivity contribution < 1.29 is 4.79 Å². The molecular weight excluding hydrogens is 250 g/mol. The molecule has 1 aromatic heterocycles. The molecular formula is C16H19N3O. The average Bonchev–Trinajstić information content (AvgIpc) is 2.48. The molecule has 2 rings (SSSR count). The first-order chi connectivity index (χ1) is 9.58. The maximum Gasteiger partial charge on any atom is 0.251 e. The Morgan fingerprint density at radius 1 is 1.10 bits per heavy atom. The van der Waals surface area contributed by atoms with Crippen LogP contribution in [-0.2, 0) is 0 Å². The highest BCUT2D eigenvalue weighted by molar-refractivity contribution is 5.94. The zero-order valence-corrected chi connectivity index (χ0v) is 12.0. The lowest BCUT2D eigenvalue weighted by Gasteiger charge is -2.15. The van der Waals surface area contributed by atoms with Crippen LogP contribution in [0.4, 0.5) is 5.69 Å². The number of hydrogen-bond donors (Lipinski definition) is 1. The van der Waals surface area contributed by atoms with Crippen LogP contribution in [0, 0.1) is 0 Å². The van der Waals surface area contributed by atoms with Crippen molar-refractivity contribution in [3.05, 3.63) is 59.9 Å². The lowest BCUT2D eigenvalue weighted by Crippen LogP contribution is -2.26. The molecule has 0 fully saturated rings. The highest BCUT2D eigenvalue weighted by Crippen LogP contribution is 2.14. The Morgan fingerprint density at radius 3 is 2.25 bits per heavy atom. The van der Waals surface area contributed by atoms with Gasteiger partial charge in [-0.1, -0.05) is 0 Å². The summed E-state index contributed by atoms with van der Waals surface area (Å²) in [5.41, 5.74) is 2.78. The Bertz CT molecular complexity index is 564. The van der Waals surface area contributed by atoms with Crippen molar-refractivity contribution in [2.75, 3.05) is 19.0 Å². The number of amides is 1. The summed E-state index contributed by atoms with van der Waals surface area (Å²) in [5.74, 6) is -0.0698. The summed E-state index contributed by atoms with van der Waals surface area (Å²) < 4.78 is 0. The van der Waals surface area contributed by atoms with Gasteiger partial charge in [-0.05, 0) is 48.9 Å². The maximum absolute atomic E-state index is 12.2. The number of carbonyl (C=O) groups is 1. The van der Waals surface area contributed by atoms with Crippen LogP contribution in [0.25, 0.3) is 0 Å². The second kappa shape index (κ2) is 6.19. The van der Waals surface area contributed by atoms with Gasteiger partial charge in [-0.3, -0.25) is 9.78 Å². The molecule has 0 unspecified atom stereocenters. The minimum atomic E-state index is -0.0698. The van der Waals surface area contributed by atoms with Gasteiger partial charge in [0.05, 0.1) is 6.04 Å². The third-order valence-electron chi connectivity index (χ3n) is 3.20. The molecule has 0 saturated carbocycles. The van der Waals surface area contributed by atoms with E-state index in [1.54, 1.807) is 12.4 Å². The highest BCUT2D eigenvalue weighted by Gasteiger charge is 2.11. The van der Waals surface area contributed by atoms with Gasteiger partial charge in [0.1, 0.15) is 0 Å². The van der Waals surface area contributed by atoms with Gasteiger partial charge in [0, 0.05) is 37.7 Å². The van der Waals surface area contributed by atoms with Gasteiger partial charge in [-0.25, -0.2) is 0 Å². The SMILES string of the molecule is C[C@@H](NC(=O)c1ccc(N(C)C)cc1)c1ccncc1. The Morgan fingerprint density at radius 2 is 1.70 bits per heavy atom. The predicted molar refractivity (Wildman–Crippen MR) is 80.9 cm³/mol. The van der Waals surface area contributed by atoms with E-state index in [1.165, 1.54) is 0 Å². The molecule has 1 N–H and O–H groups in total. The number of benzene rings is 1. The van der Waals surface area contributed by atoms with Gasteiger partial charge >= 0.3 is 0 Å². The Kier molecular flexibility index (Phi) is 4.35. The zero-order chi connectivity index (χ0) is 14.5. The maximum atomic E-state index is 12.2.